The Hall–Kier alpha value is -3.51. The van der Waals surface area contributed by atoms with Gasteiger partial charge in [0.2, 0.25) is 10.9 Å². The summed E-state index contributed by atoms with van der Waals surface area (Å²) in [6.07, 6.45) is 1.33. The summed E-state index contributed by atoms with van der Waals surface area (Å²) in [6, 6.07) is 6.47. The van der Waals surface area contributed by atoms with Gasteiger partial charge in [-0.15, -0.1) is 0 Å². The van der Waals surface area contributed by atoms with Gasteiger partial charge in [0.15, 0.2) is 0 Å². The van der Waals surface area contributed by atoms with Crippen molar-refractivity contribution in [3.8, 4) is 11.5 Å². The molecule has 0 fully saturated rings. The molecule has 2 aromatic heterocycles. The van der Waals surface area contributed by atoms with Crippen LogP contribution in [-0.2, 0) is 17.8 Å². The summed E-state index contributed by atoms with van der Waals surface area (Å²) in [7, 11) is 1.54. The fourth-order valence-electron chi connectivity index (χ4n) is 3.71. The molecular formula is C23H28N6O5S. The van der Waals surface area contributed by atoms with E-state index in [2.05, 4.69) is 20.7 Å². The van der Waals surface area contributed by atoms with Crippen LogP contribution in [0, 0.1) is 0 Å². The maximum Gasteiger partial charge on any atom is 0.275 e. The Balaban J connectivity index is 1.48. The van der Waals surface area contributed by atoms with E-state index in [4.69, 9.17) is 9.47 Å². The number of rotatable bonds is 4. The first-order valence-corrected chi connectivity index (χ1v) is 12.2. The molecule has 2 amide bonds. The van der Waals surface area contributed by atoms with Gasteiger partial charge in [-0.05, 0) is 25.0 Å². The highest BCUT2D eigenvalue weighted by Gasteiger charge is 2.17. The van der Waals surface area contributed by atoms with Crippen LogP contribution in [-0.4, -0.2) is 71.2 Å². The minimum Gasteiger partial charge on any atom is -0.497 e. The number of nitrogens with one attached hydrogen (secondary N) is 2. The van der Waals surface area contributed by atoms with Gasteiger partial charge in [0, 0.05) is 31.8 Å². The fraction of sp³-hybridized carbons (Fsp3) is 0.435. The van der Waals surface area contributed by atoms with Crippen molar-refractivity contribution in [3.05, 3.63) is 50.9 Å². The van der Waals surface area contributed by atoms with Gasteiger partial charge < -0.3 is 20.1 Å². The maximum atomic E-state index is 12.7. The topological polar surface area (TPSA) is 127 Å². The molecule has 35 heavy (non-hydrogen) atoms. The van der Waals surface area contributed by atoms with Crippen LogP contribution < -0.4 is 25.7 Å². The molecule has 2 N–H and O–H groups in total. The standard InChI is InChI=1S/C23H28N6O5S/c1-3-20-27-29-21(31)11-15(26-23(29)35-20)13-28-9-4-7-25-22(32)17-6-5-16(33-2)12-18(17)34-10-8-24-19(30)14-28/h5-6,11-12H,3-4,7-10,13-14H2,1-2H3,(H,24,30)(H,25,32). The molecule has 1 aliphatic heterocycles. The van der Waals surface area contributed by atoms with E-state index >= 15 is 0 Å². The number of hydrogen-bond donors (Lipinski definition) is 2. The lowest BCUT2D eigenvalue weighted by Crippen LogP contribution is -2.40. The lowest BCUT2D eigenvalue weighted by molar-refractivity contribution is -0.122. The van der Waals surface area contributed by atoms with E-state index in [0.717, 1.165) is 11.4 Å². The Bertz CT molecular complexity index is 1270. The highest BCUT2D eigenvalue weighted by atomic mass is 32.1. The van der Waals surface area contributed by atoms with E-state index in [1.165, 1.54) is 21.9 Å². The number of benzene rings is 1. The van der Waals surface area contributed by atoms with Gasteiger partial charge in [0.05, 0.1) is 31.5 Å². The minimum absolute atomic E-state index is 0.127. The molecule has 1 aromatic carbocycles. The number of aromatic nitrogens is 3. The van der Waals surface area contributed by atoms with Gasteiger partial charge in [-0.3, -0.25) is 19.3 Å². The first-order valence-electron chi connectivity index (χ1n) is 11.4. The summed E-state index contributed by atoms with van der Waals surface area (Å²) < 4.78 is 12.3. The first-order chi connectivity index (χ1) is 17.0. The molecule has 0 saturated heterocycles. The molecule has 1 aliphatic rings. The van der Waals surface area contributed by atoms with Gasteiger partial charge >= 0.3 is 0 Å². The zero-order valence-electron chi connectivity index (χ0n) is 19.7. The van der Waals surface area contributed by atoms with Crippen LogP contribution in [0.25, 0.3) is 4.96 Å². The molecule has 0 unspecified atom stereocenters. The number of methoxy groups -OCH3 is 1. The number of amides is 2. The molecule has 0 bridgehead atoms. The quantitative estimate of drug-likeness (QED) is 0.540. The summed E-state index contributed by atoms with van der Waals surface area (Å²) in [5.41, 5.74) is 0.734. The van der Waals surface area contributed by atoms with Crippen molar-refractivity contribution in [2.24, 2.45) is 0 Å². The smallest absolute Gasteiger partial charge is 0.275 e. The van der Waals surface area contributed by atoms with E-state index in [1.807, 2.05) is 11.8 Å². The largest absolute Gasteiger partial charge is 0.497 e. The Morgan fingerprint density at radius 1 is 1.17 bits per heavy atom. The van der Waals surface area contributed by atoms with Crippen LogP contribution in [0.1, 0.15) is 34.4 Å². The number of aryl methyl sites for hydroxylation is 1. The molecule has 186 valence electrons. The highest BCUT2D eigenvalue weighted by molar-refractivity contribution is 7.16. The van der Waals surface area contributed by atoms with Crippen LogP contribution in [0.2, 0.25) is 0 Å². The lowest BCUT2D eigenvalue weighted by Gasteiger charge is -2.22. The van der Waals surface area contributed by atoms with Gasteiger partial charge in [-0.25, -0.2) is 4.98 Å². The Morgan fingerprint density at radius 2 is 2.03 bits per heavy atom. The molecule has 0 atom stereocenters. The molecule has 0 radical (unpaired) electrons. The Labute approximate surface area is 206 Å². The summed E-state index contributed by atoms with van der Waals surface area (Å²) >= 11 is 1.38. The molecule has 0 aliphatic carbocycles. The van der Waals surface area contributed by atoms with Crippen LogP contribution in [0.3, 0.4) is 0 Å². The normalized spacial score (nSPS) is 16.1. The van der Waals surface area contributed by atoms with Crippen LogP contribution >= 0.6 is 11.3 Å². The van der Waals surface area contributed by atoms with Crippen LogP contribution in [0.15, 0.2) is 29.1 Å². The SMILES string of the molecule is CCc1nn2c(=O)cc(CN3CCCNC(=O)c4ccc(OC)cc4OCCNC(=O)C3)nc2s1. The molecular weight excluding hydrogens is 472 g/mol. The van der Waals surface area contributed by atoms with Gasteiger partial charge in [-0.1, -0.05) is 18.3 Å². The molecule has 12 heteroatoms. The molecule has 3 aromatic rings. The number of carbonyl (C=O) groups excluding carboxylic acids is 2. The van der Waals surface area contributed by atoms with Crippen molar-refractivity contribution < 1.29 is 19.1 Å². The fourth-order valence-corrected chi connectivity index (χ4v) is 4.57. The number of ether oxygens (including phenoxy) is 2. The third-order valence-electron chi connectivity index (χ3n) is 5.45. The summed E-state index contributed by atoms with van der Waals surface area (Å²) in [6.45, 7) is 3.84. The monoisotopic (exact) mass is 500 g/mol. The van der Waals surface area contributed by atoms with Gasteiger partial charge in [-0.2, -0.15) is 9.61 Å². The third-order valence-corrected chi connectivity index (χ3v) is 6.50. The minimum atomic E-state index is -0.243. The van der Waals surface area contributed by atoms with Crippen molar-refractivity contribution >= 4 is 28.1 Å². The average Bonchev–Trinajstić information content (AvgIpc) is 3.27. The predicted molar refractivity (Wildman–Crippen MR) is 130 cm³/mol. The average molecular weight is 501 g/mol. The van der Waals surface area contributed by atoms with E-state index in [-0.39, 0.29) is 37.1 Å². The molecule has 3 heterocycles. The second kappa shape index (κ2) is 11.3. The lowest BCUT2D eigenvalue weighted by atomic mass is 10.1. The highest BCUT2D eigenvalue weighted by Crippen LogP contribution is 2.25. The van der Waals surface area contributed by atoms with Crippen molar-refractivity contribution in [1.82, 2.24) is 30.1 Å². The van der Waals surface area contributed by atoms with E-state index < -0.39 is 0 Å². The van der Waals surface area contributed by atoms with Crippen LogP contribution in [0.4, 0.5) is 0 Å². The van der Waals surface area contributed by atoms with Gasteiger partial charge in [0.1, 0.15) is 23.1 Å². The van der Waals surface area contributed by atoms with E-state index in [9.17, 15) is 14.4 Å². The number of fused-ring (bicyclic) bond motifs is 2. The molecule has 0 spiro atoms. The zero-order valence-corrected chi connectivity index (χ0v) is 20.5. The second-order valence-electron chi connectivity index (χ2n) is 8.01. The predicted octanol–water partition coefficient (Wildman–Crippen LogP) is 0.853. The van der Waals surface area contributed by atoms with Crippen molar-refractivity contribution in [1.29, 1.82) is 0 Å². The zero-order chi connectivity index (χ0) is 24.8. The maximum absolute atomic E-state index is 12.7. The summed E-state index contributed by atoms with van der Waals surface area (Å²) in [4.78, 5) is 44.8. The Kier molecular flexibility index (Phi) is 7.93. The van der Waals surface area contributed by atoms with Crippen molar-refractivity contribution in [2.75, 3.05) is 39.9 Å². The number of hydrogen-bond acceptors (Lipinski definition) is 9. The molecule has 11 nitrogen and oxygen atoms in total. The van der Waals surface area contributed by atoms with Crippen molar-refractivity contribution in [3.63, 3.8) is 0 Å². The second-order valence-corrected chi connectivity index (χ2v) is 9.05. The van der Waals surface area contributed by atoms with E-state index in [0.29, 0.717) is 53.8 Å². The first kappa shape index (κ1) is 24.6. The summed E-state index contributed by atoms with van der Waals surface area (Å²) in [5.74, 6) is 0.571. The third kappa shape index (κ3) is 6.14. The summed E-state index contributed by atoms with van der Waals surface area (Å²) in [5, 5.41) is 10.9. The molecule has 4 rings (SSSR count). The number of nitrogens with zero attached hydrogens (tertiary/aromatic N) is 4. The Morgan fingerprint density at radius 3 is 2.83 bits per heavy atom. The van der Waals surface area contributed by atoms with Crippen LogP contribution in [0.5, 0.6) is 11.5 Å². The molecule has 0 saturated carbocycles. The van der Waals surface area contributed by atoms with Crippen molar-refractivity contribution in [2.45, 2.75) is 26.3 Å². The number of carbonyl (C=O) groups is 2. The van der Waals surface area contributed by atoms with E-state index in [1.54, 1.807) is 25.3 Å². The van der Waals surface area contributed by atoms with Gasteiger partial charge in [0.25, 0.3) is 11.5 Å².